The lowest BCUT2D eigenvalue weighted by Crippen LogP contribution is -2.42. The summed E-state index contributed by atoms with van der Waals surface area (Å²) in [5.74, 6) is 0.955. The lowest BCUT2D eigenvalue weighted by Gasteiger charge is -2.31. The van der Waals surface area contributed by atoms with Crippen molar-refractivity contribution in [3.05, 3.63) is 58.1 Å². The molecule has 4 aliphatic rings. The first-order valence-electron chi connectivity index (χ1n) is 12.6. The number of halogens is 4. The monoisotopic (exact) mass is 560 g/mol. The maximum Gasteiger partial charge on any atom is 0.418 e. The van der Waals surface area contributed by atoms with Crippen LogP contribution < -0.4 is 15.8 Å². The maximum absolute atomic E-state index is 14.2. The number of aliphatic imine (C=N–C) groups is 1. The van der Waals surface area contributed by atoms with Gasteiger partial charge in [-0.25, -0.2) is 9.98 Å². The molecule has 3 N–H and O–H groups in total. The van der Waals surface area contributed by atoms with Crippen molar-refractivity contribution in [2.75, 3.05) is 44.5 Å². The molecule has 1 atom stereocenters. The molecule has 5 heterocycles. The number of fused-ring (bicyclic) bond motifs is 1. The summed E-state index contributed by atoms with van der Waals surface area (Å²) in [5.41, 5.74) is 6.56. The van der Waals surface area contributed by atoms with E-state index in [4.69, 9.17) is 26.8 Å². The molecule has 0 radical (unpaired) electrons. The quantitative estimate of drug-likeness (QED) is 0.486. The third-order valence-electron chi connectivity index (χ3n) is 7.77. The second kappa shape index (κ2) is 9.06. The fraction of sp³-hybridized carbons (Fsp3) is 0.407. The van der Waals surface area contributed by atoms with Crippen molar-refractivity contribution in [3.8, 4) is 17.0 Å². The molecular weight excluding hydrogens is 533 g/mol. The molecule has 6 rings (SSSR count). The SMILES string of the molecule is C=C1CN2CCC[C@@]2(COC2=CN(C)C3=NCNc4c(Cl)c(-c5nc(N)cc(C)c5C(F)(F)F)cc(c43)O2)C1. The molecule has 0 bridgehead atoms. The Hall–Kier alpha value is -3.44. The van der Waals surface area contributed by atoms with Crippen molar-refractivity contribution < 1.29 is 22.6 Å². The van der Waals surface area contributed by atoms with Crippen LogP contribution in [0.4, 0.5) is 24.7 Å². The van der Waals surface area contributed by atoms with Crippen LogP contribution in [0.3, 0.4) is 0 Å². The largest absolute Gasteiger partial charge is 0.462 e. The molecule has 0 amide bonds. The molecule has 0 spiro atoms. The number of nitrogens with two attached hydrogens (primary N) is 1. The van der Waals surface area contributed by atoms with E-state index in [-0.39, 0.29) is 51.6 Å². The minimum Gasteiger partial charge on any atom is -0.462 e. The Kier molecular flexibility index (Phi) is 5.99. The first-order chi connectivity index (χ1) is 18.5. The lowest BCUT2D eigenvalue weighted by atomic mass is 9.94. The van der Waals surface area contributed by atoms with Gasteiger partial charge in [-0.2, -0.15) is 13.2 Å². The Morgan fingerprint density at radius 2 is 2.13 bits per heavy atom. The van der Waals surface area contributed by atoms with Crippen LogP contribution >= 0.6 is 11.6 Å². The molecule has 0 saturated carbocycles. The number of ether oxygens (including phenoxy) is 2. The predicted molar refractivity (Wildman–Crippen MR) is 144 cm³/mol. The molecule has 2 aromatic rings. The zero-order valence-electron chi connectivity index (χ0n) is 21.6. The van der Waals surface area contributed by atoms with Crippen molar-refractivity contribution in [3.63, 3.8) is 0 Å². The number of amidine groups is 1. The smallest absolute Gasteiger partial charge is 0.418 e. The number of anilines is 2. The standard InChI is InChI=1S/C27H28ClF3N6O2/c1-14-9-26(5-4-6-37(26)10-14)12-38-19-11-36(3)25-20-17(39-19)8-16(22(28)24(20)33-13-34-25)23-21(27(29,30)31)15(2)7-18(32)35-23/h7-8,11,33H,1,4-6,9-10,12-13H2,2-3H3,(H2,32,35)/t26-/m0/s1. The van der Waals surface area contributed by atoms with Crippen molar-refractivity contribution in [1.29, 1.82) is 0 Å². The van der Waals surface area contributed by atoms with E-state index in [0.29, 0.717) is 23.7 Å². The Bertz CT molecular complexity index is 1460. The molecule has 0 aliphatic carbocycles. The van der Waals surface area contributed by atoms with Crippen molar-refractivity contribution in [2.24, 2.45) is 4.99 Å². The van der Waals surface area contributed by atoms with E-state index in [9.17, 15) is 13.2 Å². The second-order valence-electron chi connectivity index (χ2n) is 10.5. The van der Waals surface area contributed by atoms with Crippen LogP contribution in [0.5, 0.6) is 5.75 Å². The molecule has 1 aromatic heterocycles. The molecule has 39 heavy (non-hydrogen) atoms. The van der Waals surface area contributed by atoms with Gasteiger partial charge in [-0.3, -0.25) is 4.90 Å². The Morgan fingerprint density at radius 3 is 2.90 bits per heavy atom. The topological polar surface area (TPSA) is 88.2 Å². The first-order valence-corrected chi connectivity index (χ1v) is 13.0. The number of aromatic nitrogens is 1. The van der Waals surface area contributed by atoms with E-state index in [1.165, 1.54) is 24.6 Å². The fourth-order valence-corrected chi connectivity index (χ4v) is 6.46. The summed E-state index contributed by atoms with van der Waals surface area (Å²) in [6, 6.07) is 2.65. The zero-order valence-corrected chi connectivity index (χ0v) is 22.3. The minimum atomic E-state index is -4.68. The summed E-state index contributed by atoms with van der Waals surface area (Å²) in [7, 11) is 1.81. The van der Waals surface area contributed by atoms with E-state index >= 15 is 0 Å². The molecule has 0 unspecified atom stereocenters. The third kappa shape index (κ3) is 4.28. The molecule has 1 aromatic carbocycles. The first kappa shape index (κ1) is 25.8. The average molecular weight is 561 g/mol. The van der Waals surface area contributed by atoms with Gasteiger partial charge in [0, 0.05) is 19.2 Å². The van der Waals surface area contributed by atoms with E-state index in [0.717, 1.165) is 32.4 Å². The van der Waals surface area contributed by atoms with Gasteiger partial charge >= 0.3 is 12.1 Å². The number of alkyl halides is 3. The van der Waals surface area contributed by atoms with E-state index < -0.39 is 11.7 Å². The summed E-state index contributed by atoms with van der Waals surface area (Å²) < 4.78 is 55.0. The van der Waals surface area contributed by atoms with Gasteiger partial charge in [0.1, 0.15) is 30.7 Å². The van der Waals surface area contributed by atoms with Gasteiger partial charge in [0.25, 0.3) is 0 Å². The van der Waals surface area contributed by atoms with Gasteiger partial charge < -0.3 is 25.4 Å². The summed E-state index contributed by atoms with van der Waals surface area (Å²) >= 11 is 6.76. The van der Waals surface area contributed by atoms with Crippen LogP contribution in [0, 0.1) is 6.92 Å². The van der Waals surface area contributed by atoms with Gasteiger partial charge in [-0.15, -0.1) is 0 Å². The van der Waals surface area contributed by atoms with Crippen molar-refractivity contribution in [2.45, 2.75) is 37.9 Å². The number of nitrogen functional groups attached to an aromatic ring is 1. The number of benzene rings is 1. The number of rotatable bonds is 4. The summed E-state index contributed by atoms with van der Waals surface area (Å²) in [6.45, 7) is 7.94. The number of hydrogen-bond acceptors (Lipinski definition) is 8. The molecule has 2 fully saturated rings. The Labute approximate surface area is 228 Å². The summed E-state index contributed by atoms with van der Waals surface area (Å²) in [4.78, 5) is 12.8. The number of nitrogens with one attached hydrogen (secondary N) is 1. The number of aryl methyl sites for hydroxylation is 1. The fourth-order valence-electron chi connectivity index (χ4n) is 6.16. The summed E-state index contributed by atoms with van der Waals surface area (Å²) in [5, 5.41) is 3.16. The van der Waals surface area contributed by atoms with Crippen LogP contribution in [0.15, 0.2) is 41.4 Å². The minimum absolute atomic E-state index is 0.0402. The van der Waals surface area contributed by atoms with Crippen LogP contribution in [0.1, 0.15) is 36.0 Å². The van der Waals surface area contributed by atoms with Crippen molar-refractivity contribution in [1.82, 2.24) is 14.8 Å². The van der Waals surface area contributed by atoms with Gasteiger partial charge in [0.15, 0.2) is 0 Å². The Balaban J connectivity index is 1.43. The third-order valence-corrected chi connectivity index (χ3v) is 8.16. The van der Waals surface area contributed by atoms with Gasteiger partial charge in [0.05, 0.1) is 39.3 Å². The predicted octanol–water partition coefficient (Wildman–Crippen LogP) is 5.38. The van der Waals surface area contributed by atoms with E-state index in [2.05, 4.69) is 26.8 Å². The molecular formula is C27H28ClF3N6O2. The van der Waals surface area contributed by atoms with Crippen LogP contribution in [0.25, 0.3) is 11.3 Å². The normalized spacial score (nSPS) is 22.4. The molecule has 8 nitrogen and oxygen atoms in total. The van der Waals surface area contributed by atoms with Crippen molar-refractivity contribution >= 4 is 28.9 Å². The van der Waals surface area contributed by atoms with Gasteiger partial charge in [0.2, 0.25) is 0 Å². The molecule has 2 saturated heterocycles. The Morgan fingerprint density at radius 1 is 1.33 bits per heavy atom. The molecule has 4 aliphatic heterocycles. The highest BCUT2D eigenvalue weighted by atomic mass is 35.5. The zero-order chi connectivity index (χ0) is 27.7. The number of nitrogens with zero attached hydrogens (tertiary/aromatic N) is 4. The highest BCUT2D eigenvalue weighted by Gasteiger charge is 2.47. The highest BCUT2D eigenvalue weighted by Crippen LogP contribution is 2.48. The van der Waals surface area contributed by atoms with Crippen LogP contribution in [-0.4, -0.2) is 59.6 Å². The van der Waals surface area contributed by atoms with Gasteiger partial charge in [-0.1, -0.05) is 23.8 Å². The number of pyridine rings is 1. The lowest BCUT2D eigenvalue weighted by molar-refractivity contribution is -0.137. The average Bonchev–Trinajstić information content (AvgIpc) is 3.33. The second-order valence-corrected chi connectivity index (χ2v) is 10.9. The highest BCUT2D eigenvalue weighted by molar-refractivity contribution is 6.37. The van der Waals surface area contributed by atoms with E-state index in [1.807, 2.05) is 0 Å². The summed E-state index contributed by atoms with van der Waals surface area (Å²) in [6.07, 6.45) is -0.0618. The number of hydrogen-bond donors (Lipinski definition) is 2. The van der Waals surface area contributed by atoms with Gasteiger partial charge in [-0.05, 0) is 50.4 Å². The molecule has 206 valence electrons. The van der Waals surface area contributed by atoms with Crippen LogP contribution in [0.2, 0.25) is 5.02 Å². The van der Waals surface area contributed by atoms with E-state index in [1.54, 1.807) is 18.1 Å². The maximum atomic E-state index is 14.2. The van der Waals surface area contributed by atoms with Crippen LogP contribution in [-0.2, 0) is 10.9 Å². The molecule has 12 heteroatoms.